The van der Waals surface area contributed by atoms with Crippen molar-refractivity contribution >= 4 is 22.0 Å². The van der Waals surface area contributed by atoms with E-state index >= 15 is 4.39 Å². The highest BCUT2D eigenvalue weighted by molar-refractivity contribution is 6.14. The number of nitrogens with zero attached hydrogens (tertiary/aromatic N) is 3. The minimum absolute atomic E-state index is 0.0650. The van der Waals surface area contributed by atoms with Gasteiger partial charge in [-0.2, -0.15) is 5.10 Å². The normalized spacial score (nSPS) is 15.6. The number of hydrogen-bond donors (Lipinski definition) is 1. The molecule has 0 amide bonds. The number of halogens is 2. The van der Waals surface area contributed by atoms with Crippen molar-refractivity contribution in [1.82, 2.24) is 14.7 Å². The SMILES string of the molecule is COc1cc(C)c(-c2cc(C)c(F)c([C@@H](CCC(=O)[C@H](C([Si])CC(C)C)n3nc(CCN4CC(F)C4)c(C)cc3=O)CC(=O)O)c2)c(C)c1. The predicted octanol–water partition coefficient (Wildman–Crippen LogP) is 6.64. The Morgan fingerprint density at radius 1 is 1.04 bits per heavy atom. The summed E-state index contributed by atoms with van der Waals surface area (Å²) in [5.74, 6) is -1.79. The molecule has 0 bridgehead atoms. The quantitative estimate of drug-likeness (QED) is 0.168. The number of aryl methyl sites for hydroxylation is 4. The molecule has 2 aromatic carbocycles. The topological polar surface area (TPSA) is 102 Å². The predicted molar refractivity (Wildman–Crippen MR) is 188 cm³/mol. The number of methoxy groups -OCH3 is 1. The molecule has 4 rings (SSSR count). The second-order valence-corrected chi connectivity index (χ2v) is 14.7. The zero-order chi connectivity index (χ0) is 36.2. The maximum atomic E-state index is 15.9. The Hall–Kier alpha value is -3.70. The zero-order valence-electron chi connectivity index (χ0n) is 29.6. The van der Waals surface area contributed by atoms with E-state index in [2.05, 4.69) is 15.3 Å². The molecule has 1 N–H and O–H groups in total. The summed E-state index contributed by atoms with van der Waals surface area (Å²) < 4.78 is 35.9. The van der Waals surface area contributed by atoms with Crippen LogP contribution in [0.3, 0.4) is 0 Å². The van der Waals surface area contributed by atoms with Crippen molar-refractivity contribution < 1.29 is 28.2 Å². The lowest BCUT2D eigenvalue weighted by Crippen LogP contribution is -2.49. The Morgan fingerprint density at radius 3 is 2.27 bits per heavy atom. The standard InChI is InChI=1S/C38H48F2N3O5Si/c1-21(2)12-33(49)38(43-34(45)16-22(3)31(41-43)10-11-42-19-28(39)20-42)32(44)9-8-26(18-35(46)47)30-17-27(13-25(6)37(30)40)36-23(4)14-29(48-7)15-24(36)5/h13-17,21,26,28,33,38H,8-12,18-20H2,1-7H3,(H,46,47)/t26-,33?,38+/m0/s1. The van der Waals surface area contributed by atoms with Gasteiger partial charge in [-0.3, -0.25) is 19.3 Å². The Morgan fingerprint density at radius 2 is 1.69 bits per heavy atom. The molecule has 1 saturated heterocycles. The number of ether oxygens (including phenoxy) is 1. The highest BCUT2D eigenvalue weighted by atomic mass is 28.1. The minimum Gasteiger partial charge on any atom is -0.497 e. The van der Waals surface area contributed by atoms with Crippen LogP contribution in [-0.4, -0.2) is 74.7 Å². The number of carboxylic acid groups (broad SMARTS) is 1. The Bertz CT molecular complexity index is 1710. The van der Waals surface area contributed by atoms with Gasteiger partial charge < -0.3 is 9.84 Å². The van der Waals surface area contributed by atoms with E-state index in [1.54, 1.807) is 33.1 Å². The molecule has 2 heterocycles. The van der Waals surface area contributed by atoms with Crippen LogP contribution in [0.2, 0.25) is 5.54 Å². The summed E-state index contributed by atoms with van der Waals surface area (Å²) in [6, 6.07) is 7.78. The van der Waals surface area contributed by atoms with Crippen LogP contribution in [0, 0.1) is 39.4 Å². The van der Waals surface area contributed by atoms with E-state index in [0.717, 1.165) is 22.3 Å². The molecule has 1 fully saturated rings. The first-order chi connectivity index (χ1) is 23.1. The molecule has 1 unspecified atom stereocenters. The fraction of sp³-hybridized carbons (Fsp3) is 0.526. The second kappa shape index (κ2) is 16.3. The Kier molecular flexibility index (Phi) is 12.7. The van der Waals surface area contributed by atoms with Crippen LogP contribution < -0.4 is 10.3 Å². The first kappa shape index (κ1) is 38.1. The van der Waals surface area contributed by atoms with Crippen molar-refractivity contribution in [3.63, 3.8) is 0 Å². The number of Topliss-reactive ketones (excluding diaryl/α,β-unsaturated/α-hetero) is 1. The number of carboxylic acids is 1. The molecule has 11 heteroatoms. The van der Waals surface area contributed by atoms with Crippen LogP contribution in [0.15, 0.2) is 35.1 Å². The van der Waals surface area contributed by atoms with Gasteiger partial charge in [-0.1, -0.05) is 13.8 Å². The molecule has 0 aliphatic carbocycles. The third-order valence-corrected chi connectivity index (χ3v) is 9.99. The molecule has 1 aliphatic rings. The molecule has 3 radical (unpaired) electrons. The summed E-state index contributed by atoms with van der Waals surface area (Å²) >= 11 is 0. The minimum atomic E-state index is -1.10. The summed E-state index contributed by atoms with van der Waals surface area (Å²) in [6.45, 7) is 12.7. The van der Waals surface area contributed by atoms with Crippen molar-refractivity contribution in [2.45, 2.75) is 97.3 Å². The number of aromatic nitrogens is 2. The molecule has 1 aromatic heterocycles. The van der Waals surface area contributed by atoms with Gasteiger partial charge in [0.25, 0.3) is 5.56 Å². The van der Waals surface area contributed by atoms with Crippen LogP contribution >= 0.6 is 0 Å². The molecule has 263 valence electrons. The van der Waals surface area contributed by atoms with Gasteiger partial charge >= 0.3 is 5.97 Å². The fourth-order valence-corrected chi connectivity index (χ4v) is 7.74. The van der Waals surface area contributed by atoms with Crippen LogP contribution in [-0.2, 0) is 16.0 Å². The Balaban J connectivity index is 1.67. The number of benzene rings is 2. The van der Waals surface area contributed by atoms with E-state index in [4.69, 9.17) is 4.74 Å². The number of aliphatic carboxylic acids is 1. The number of carbonyl (C=O) groups is 2. The third kappa shape index (κ3) is 9.30. The molecule has 1 aliphatic heterocycles. The van der Waals surface area contributed by atoms with Crippen molar-refractivity contribution in [2.75, 3.05) is 26.7 Å². The first-order valence-electron chi connectivity index (χ1n) is 17.0. The van der Waals surface area contributed by atoms with Gasteiger partial charge in [0.05, 0.1) is 19.2 Å². The van der Waals surface area contributed by atoms with Gasteiger partial charge in [-0.15, -0.1) is 0 Å². The smallest absolute Gasteiger partial charge is 0.303 e. The van der Waals surface area contributed by atoms with Gasteiger partial charge in [0, 0.05) is 48.8 Å². The monoisotopic (exact) mass is 692 g/mol. The summed E-state index contributed by atoms with van der Waals surface area (Å²) in [6.07, 6.45) is -0.144. The van der Waals surface area contributed by atoms with Crippen molar-refractivity contribution in [3.05, 3.63) is 80.0 Å². The first-order valence-corrected chi connectivity index (χ1v) is 17.5. The van der Waals surface area contributed by atoms with Crippen LogP contribution in [0.1, 0.15) is 85.0 Å². The summed E-state index contributed by atoms with van der Waals surface area (Å²) in [5, 5.41) is 14.6. The lowest BCUT2D eigenvalue weighted by Gasteiger charge is -2.34. The summed E-state index contributed by atoms with van der Waals surface area (Å²) in [7, 11) is 5.35. The van der Waals surface area contributed by atoms with Gasteiger partial charge in [-0.25, -0.2) is 13.5 Å². The molecule has 3 aromatic rings. The maximum Gasteiger partial charge on any atom is 0.303 e. The number of alkyl halides is 1. The lowest BCUT2D eigenvalue weighted by molar-refractivity contribution is -0.137. The number of hydrogen-bond acceptors (Lipinski definition) is 6. The van der Waals surface area contributed by atoms with E-state index in [0.29, 0.717) is 55.0 Å². The van der Waals surface area contributed by atoms with E-state index in [-0.39, 0.29) is 36.5 Å². The van der Waals surface area contributed by atoms with Gasteiger partial charge in [0.2, 0.25) is 0 Å². The summed E-state index contributed by atoms with van der Waals surface area (Å²) in [5.41, 5.74) is 4.66. The van der Waals surface area contributed by atoms with E-state index in [1.807, 2.05) is 44.7 Å². The van der Waals surface area contributed by atoms with E-state index < -0.39 is 41.0 Å². The highest BCUT2D eigenvalue weighted by Crippen LogP contribution is 2.38. The molecular formula is C38H48F2N3O5Si. The van der Waals surface area contributed by atoms with E-state index in [1.165, 1.54) is 10.7 Å². The average Bonchev–Trinajstić information content (AvgIpc) is 2.99. The number of ketones is 1. The van der Waals surface area contributed by atoms with Crippen LogP contribution in [0.25, 0.3) is 11.1 Å². The largest absolute Gasteiger partial charge is 0.497 e. The third-order valence-electron chi connectivity index (χ3n) is 9.44. The molecule has 3 atom stereocenters. The molecule has 49 heavy (non-hydrogen) atoms. The fourth-order valence-electron chi connectivity index (χ4n) is 6.94. The zero-order valence-corrected chi connectivity index (χ0v) is 30.6. The van der Waals surface area contributed by atoms with E-state index in [9.17, 15) is 23.9 Å². The van der Waals surface area contributed by atoms with Crippen molar-refractivity contribution in [3.8, 4) is 16.9 Å². The van der Waals surface area contributed by atoms with Crippen LogP contribution in [0.5, 0.6) is 5.75 Å². The summed E-state index contributed by atoms with van der Waals surface area (Å²) in [4.78, 5) is 41.6. The maximum absolute atomic E-state index is 15.9. The van der Waals surface area contributed by atoms with Crippen molar-refractivity contribution in [1.29, 1.82) is 0 Å². The lowest BCUT2D eigenvalue weighted by atomic mass is 9.84. The second-order valence-electron chi connectivity index (χ2n) is 14.0. The number of rotatable bonds is 16. The Labute approximate surface area is 291 Å². The van der Waals surface area contributed by atoms with Gasteiger partial charge in [0.1, 0.15) is 23.8 Å². The van der Waals surface area contributed by atoms with Crippen molar-refractivity contribution in [2.24, 2.45) is 5.92 Å². The molecule has 0 spiro atoms. The molecule has 0 saturated carbocycles. The highest BCUT2D eigenvalue weighted by Gasteiger charge is 2.32. The number of carbonyl (C=O) groups excluding carboxylic acids is 1. The molecular weight excluding hydrogens is 645 g/mol. The van der Waals surface area contributed by atoms with Gasteiger partial charge in [-0.05, 0) is 121 Å². The molecule has 8 nitrogen and oxygen atoms in total. The van der Waals surface area contributed by atoms with Gasteiger partial charge in [0.15, 0.2) is 5.78 Å². The number of likely N-dealkylation sites (tertiary alicyclic amines) is 1. The average molecular weight is 693 g/mol. The van der Waals surface area contributed by atoms with Crippen LogP contribution in [0.4, 0.5) is 8.78 Å².